The van der Waals surface area contributed by atoms with Crippen LogP contribution in [0.4, 0.5) is 20.2 Å². The summed E-state index contributed by atoms with van der Waals surface area (Å²) in [5, 5.41) is 12.6. The third-order valence-electron chi connectivity index (χ3n) is 2.72. The van der Waals surface area contributed by atoms with E-state index in [2.05, 4.69) is 0 Å². The van der Waals surface area contributed by atoms with E-state index in [-0.39, 0.29) is 5.69 Å². The number of carbonyl (C=O) groups excluding carboxylic acids is 1. The zero-order chi connectivity index (χ0) is 16.3. The summed E-state index contributed by atoms with van der Waals surface area (Å²) in [4.78, 5) is 33.2. The lowest BCUT2D eigenvalue weighted by Gasteiger charge is -2.08. The summed E-state index contributed by atoms with van der Waals surface area (Å²) < 4.78 is 27.5. The summed E-state index contributed by atoms with van der Waals surface area (Å²) in [6.07, 6.45) is 0.875. The Morgan fingerprint density at radius 3 is 2.45 bits per heavy atom. The minimum absolute atomic E-state index is 0.385. The predicted molar refractivity (Wildman–Crippen MR) is 72.3 cm³/mol. The number of anilines is 1. The van der Waals surface area contributed by atoms with Crippen LogP contribution in [0.1, 0.15) is 0 Å². The fourth-order valence-corrected chi connectivity index (χ4v) is 1.70. The van der Waals surface area contributed by atoms with E-state index < -0.39 is 40.3 Å². The van der Waals surface area contributed by atoms with Crippen LogP contribution in [0.2, 0.25) is 0 Å². The summed E-state index contributed by atoms with van der Waals surface area (Å²) in [5.74, 6) is -2.84. The smallest absolute Gasteiger partial charge is 0.285 e. The molecule has 0 aliphatic carbocycles. The number of para-hydroxylation sites is 1. The molecule has 22 heavy (non-hydrogen) atoms. The highest BCUT2D eigenvalue weighted by atomic mass is 19.1. The van der Waals surface area contributed by atoms with Gasteiger partial charge in [0.15, 0.2) is 0 Å². The molecule has 0 atom stereocenters. The first kappa shape index (κ1) is 15.3. The largest absolute Gasteiger partial charge is 0.320 e. The van der Waals surface area contributed by atoms with Gasteiger partial charge < -0.3 is 5.32 Å². The molecule has 0 saturated carbocycles. The quantitative estimate of drug-likeness (QED) is 0.686. The Morgan fingerprint density at radius 1 is 1.23 bits per heavy atom. The Labute approximate surface area is 122 Å². The van der Waals surface area contributed by atoms with Crippen LogP contribution in [0.15, 0.2) is 41.3 Å². The van der Waals surface area contributed by atoms with E-state index in [9.17, 15) is 28.5 Å². The van der Waals surface area contributed by atoms with E-state index in [1.165, 1.54) is 0 Å². The van der Waals surface area contributed by atoms with Gasteiger partial charge in [-0.2, -0.15) is 0 Å². The van der Waals surface area contributed by atoms with E-state index in [1.807, 2.05) is 5.32 Å². The number of carbonyl (C=O) groups is 1. The maximum absolute atomic E-state index is 13.4. The number of amides is 1. The number of rotatable bonds is 4. The van der Waals surface area contributed by atoms with E-state index in [4.69, 9.17) is 0 Å². The lowest BCUT2D eigenvalue weighted by atomic mass is 10.3. The van der Waals surface area contributed by atoms with Crippen molar-refractivity contribution < 1.29 is 18.5 Å². The van der Waals surface area contributed by atoms with Crippen LogP contribution in [-0.2, 0) is 11.3 Å². The van der Waals surface area contributed by atoms with Crippen LogP contribution in [-0.4, -0.2) is 15.4 Å². The van der Waals surface area contributed by atoms with E-state index in [1.54, 1.807) is 0 Å². The van der Waals surface area contributed by atoms with E-state index in [0.717, 1.165) is 41.1 Å². The lowest BCUT2D eigenvalue weighted by Crippen LogP contribution is -2.27. The molecule has 114 valence electrons. The molecule has 0 unspecified atom stereocenters. The zero-order valence-corrected chi connectivity index (χ0v) is 11.0. The molecule has 1 N–H and O–H groups in total. The molecule has 1 aromatic heterocycles. The van der Waals surface area contributed by atoms with Crippen molar-refractivity contribution in [1.82, 2.24) is 4.57 Å². The number of benzene rings is 1. The molecule has 0 spiro atoms. The molecule has 0 bridgehead atoms. The van der Waals surface area contributed by atoms with Crippen LogP contribution in [0.25, 0.3) is 0 Å². The molecular weight excluding hydrogens is 300 g/mol. The lowest BCUT2D eigenvalue weighted by molar-refractivity contribution is -0.385. The van der Waals surface area contributed by atoms with Gasteiger partial charge in [-0.25, -0.2) is 8.78 Å². The molecule has 0 aliphatic heterocycles. The molecule has 0 radical (unpaired) electrons. The number of nitrogens with zero attached hydrogens (tertiary/aromatic N) is 2. The van der Waals surface area contributed by atoms with Crippen molar-refractivity contribution in [2.45, 2.75) is 6.54 Å². The number of pyridine rings is 1. The third-order valence-corrected chi connectivity index (χ3v) is 2.72. The van der Waals surface area contributed by atoms with Gasteiger partial charge in [0.2, 0.25) is 5.91 Å². The molecule has 1 amide bonds. The monoisotopic (exact) mass is 309 g/mol. The van der Waals surface area contributed by atoms with Crippen molar-refractivity contribution in [2.75, 3.05) is 5.32 Å². The molecule has 2 rings (SSSR count). The second-order valence-electron chi connectivity index (χ2n) is 4.26. The van der Waals surface area contributed by atoms with Crippen molar-refractivity contribution in [3.05, 3.63) is 68.6 Å². The predicted octanol–water partition coefficient (Wildman–Crippen LogP) is 1.67. The van der Waals surface area contributed by atoms with Gasteiger partial charge in [0.1, 0.15) is 23.9 Å². The summed E-state index contributed by atoms with van der Waals surface area (Å²) >= 11 is 0. The second kappa shape index (κ2) is 6.12. The average Bonchev–Trinajstić information content (AvgIpc) is 2.45. The molecule has 1 aromatic carbocycles. The average molecular weight is 309 g/mol. The number of halogens is 2. The fraction of sp³-hybridized carbons (Fsp3) is 0.0769. The van der Waals surface area contributed by atoms with Gasteiger partial charge in [-0.15, -0.1) is 0 Å². The van der Waals surface area contributed by atoms with Crippen LogP contribution in [0, 0.1) is 21.7 Å². The molecule has 0 aliphatic rings. The molecule has 7 nitrogen and oxygen atoms in total. The summed E-state index contributed by atoms with van der Waals surface area (Å²) in [7, 11) is 0. The van der Waals surface area contributed by atoms with Gasteiger partial charge in [0, 0.05) is 12.1 Å². The van der Waals surface area contributed by atoms with Crippen molar-refractivity contribution in [3.8, 4) is 0 Å². The standard InChI is InChI=1S/C13H9F2N3O4/c14-9-2-1-3-10(15)13(9)16-11(19)7-17-6-8(18(21)22)4-5-12(17)20/h1-6H,7H2,(H,16,19). The third kappa shape index (κ3) is 3.32. The number of hydrogen-bond donors (Lipinski definition) is 1. The van der Waals surface area contributed by atoms with Gasteiger partial charge >= 0.3 is 0 Å². The van der Waals surface area contributed by atoms with Gasteiger partial charge in [-0.3, -0.25) is 24.3 Å². The second-order valence-corrected chi connectivity index (χ2v) is 4.26. The van der Waals surface area contributed by atoms with Gasteiger partial charge in [0.05, 0.1) is 11.1 Å². The Kier molecular flexibility index (Phi) is 4.25. The number of nitro groups is 1. The minimum atomic E-state index is -0.972. The van der Waals surface area contributed by atoms with Crippen molar-refractivity contribution in [2.24, 2.45) is 0 Å². The highest BCUT2D eigenvalue weighted by Crippen LogP contribution is 2.17. The summed E-state index contributed by atoms with van der Waals surface area (Å²) in [6.45, 7) is -0.617. The zero-order valence-electron chi connectivity index (χ0n) is 11.0. The van der Waals surface area contributed by atoms with Gasteiger partial charge in [-0.1, -0.05) is 6.07 Å². The summed E-state index contributed by atoms with van der Waals surface area (Å²) in [5.41, 5.74) is -1.69. The Morgan fingerprint density at radius 2 is 1.86 bits per heavy atom. The van der Waals surface area contributed by atoms with Gasteiger partial charge in [0.25, 0.3) is 11.2 Å². The molecule has 0 fully saturated rings. The van der Waals surface area contributed by atoms with Crippen molar-refractivity contribution >= 4 is 17.3 Å². The Bertz CT molecular complexity index is 784. The SMILES string of the molecule is O=C(Cn1cc([N+](=O)[O-])ccc1=O)Nc1c(F)cccc1F. The van der Waals surface area contributed by atoms with Crippen LogP contribution in [0.5, 0.6) is 0 Å². The summed E-state index contributed by atoms with van der Waals surface area (Å²) in [6, 6.07) is 4.96. The molecule has 0 saturated heterocycles. The molecular formula is C13H9F2N3O4. The van der Waals surface area contributed by atoms with Crippen LogP contribution in [0.3, 0.4) is 0 Å². The van der Waals surface area contributed by atoms with E-state index in [0.29, 0.717) is 0 Å². The molecule has 1 heterocycles. The van der Waals surface area contributed by atoms with E-state index >= 15 is 0 Å². The molecule has 2 aromatic rings. The number of hydrogen-bond acceptors (Lipinski definition) is 4. The maximum atomic E-state index is 13.4. The Hall–Kier alpha value is -3.10. The first-order chi connectivity index (χ1) is 10.4. The fourth-order valence-electron chi connectivity index (χ4n) is 1.70. The maximum Gasteiger partial charge on any atom is 0.285 e. The van der Waals surface area contributed by atoms with Gasteiger partial charge in [-0.05, 0) is 12.1 Å². The highest BCUT2D eigenvalue weighted by Gasteiger charge is 2.14. The first-order valence-electron chi connectivity index (χ1n) is 5.97. The minimum Gasteiger partial charge on any atom is -0.320 e. The molecule has 9 heteroatoms. The van der Waals surface area contributed by atoms with Crippen LogP contribution < -0.4 is 10.9 Å². The van der Waals surface area contributed by atoms with Crippen molar-refractivity contribution in [1.29, 1.82) is 0 Å². The van der Waals surface area contributed by atoms with Crippen molar-refractivity contribution in [3.63, 3.8) is 0 Å². The Balaban J connectivity index is 2.21. The highest BCUT2D eigenvalue weighted by molar-refractivity contribution is 5.90. The number of nitrogens with one attached hydrogen (secondary N) is 1. The normalized spacial score (nSPS) is 10.3. The topological polar surface area (TPSA) is 94.2 Å². The number of aromatic nitrogens is 1. The first-order valence-corrected chi connectivity index (χ1v) is 5.97. The van der Waals surface area contributed by atoms with Crippen LogP contribution >= 0.6 is 0 Å².